The van der Waals surface area contributed by atoms with Gasteiger partial charge in [0.15, 0.2) is 0 Å². The number of hydrazine groups is 1. The molecule has 1 saturated heterocycles. The minimum atomic E-state index is -0.917. The summed E-state index contributed by atoms with van der Waals surface area (Å²) < 4.78 is 13.2. The first-order valence-electron chi connectivity index (χ1n) is 9.49. The number of benzene rings is 1. The Kier molecular flexibility index (Phi) is 6.12. The van der Waals surface area contributed by atoms with Crippen LogP contribution in [0.4, 0.5) is 14.9 Å². The molecular weight excluding hydrogens is 381 g/mol. The number of rotatable bonds is 6. The van der Waals surface area contributed by atoms with E-state index >= 15 is 0 Å². The Morgan fingerprint density at radius 3 is 2.55 bits per heavy atom. The number of urea groups is 1. The lowest BCUT2D eigenvalue weighted by molar-refractivity contribution is -0.140. The van der Waals surface area contributed by atoms with Gasteiger partial charge in [-0.15, -0.1) is 0 Å². The molecule has 2 aliphatic rings. The summed E-state index contributed by atoms with van der Waals surface area (Å²) in [4.78, 5) is 50.5. The van der Waals surface area contributed by atoms with E-state index in [-0.39, 0.29) is 13.1 Å². The van der Waals surface area contributed by atoms with Gasteiger partial charge in [-0.1, -0.05) is 25.3 Å². The van der Waals surface area contributed by atoms with Gasteiger partial charge in [0, 0.05) is 5.69 Å². The molecule has 3 N–H and O–H groups in total. The summed E-state index contributed by atoms with van der Waals surface area (Å²) in [7, 11) is 1.54. The maximum Gasteiger partial charge on any atom is 0.344 e. The van der Waals surface area contributed by atoms with Crippen molar-refractivity contribution >= 4 is 29.4 Å². The summed E-state index contributed by atoms with van der Waals surface area (Å²) in [6.07, 6.45) is 3.82. The molecule has 0 bridgehead atoms. The van der Waals surface area contributed by atoms with Crippen molar-refractivity contribution in [3.05, 3.63) is 30.1 Å². The van der Waals surface area contributed by atoms with Gasteiger partial charge in [-0.25, -0.2) is 9.18 Å². The van der Waals surface area contributed by atoms with Crippen molar-refractivity contribution in [3.63, 3.8) is 0 Å². The molecule has 0 aromatic heterocycles. The first kappa shape index (κ1) is 20.7. The molecule has 1 aromatic rings. The average molecular weight is 405 g/mol. The highest BCUT2D eigenvalue weighted by molar-refractivity contribution is 6.08. The number of hydrogen-bond donors (Lipinski definition) is 3. The highest BCUT2D eigenvalue weighted by Crippen LogP contribution is 2.32. The number of halogens is 1. The van der Waals surface area contributed by atoms with Gasteiger partial charge in [-0.2, -0.15) is 5.01 Å². The Hall–Kier alpha value is -3.01. The summed E-state index contributed by atoms with van der Waals surface area (Å²) in [6, 6.07) is 4.82. The minimum Gasteiger partial charge on any atom is -0.325 e. The lowest BCUT2D eigenvalue weighted by atomic mass is 9.82. The quantitative estimate of drug-likeness (QED) is 0.611. The maximum absolute atomic E-state index is 13.2. The number of anilines is 1. The number of nitrogens with one attached hydrogen (secondary N) is 3. The van der Waals surface area contributed by atoms with Gasteiger partial charge < -0.3 is 10.6 Å². The summed E-state index contributed by atoms with van der Waals surface area (Å²) >= 11 is 0. The van der Waals surface area contributed by atoms with E-state index in [1.807, 2.05) is 0 Å². The van der Waals surface area contributed by atoms with E-state index in [4.69, 9.17) is 0 Å². The predicted molar refractivity (Wildman–Crippen MR) is 102 cm³/mol. The molecule has 1 saturated carbocycles. The molecule has 1 spiro atoms. The monoisotopic (exact) mass is 405 g/mol. The van der Waals surface area contributed by atoms with Crippen molar-refractivity contribution in [2.75, 3.05) is 25.5 Å². The Bertz CT molecular complexity index is 825. The number of imide groups is 1. The fourth-order valence-electron chi connectivity index (χ4n) is 3.69. The standard InChI is InChI=1S/C19H24FN5O4/c1-24(11-15(26)21-14-7-5-6-13(20)10-14)12-16(27)23-25-17(28)19(22-18(25)29)8-3-2-4-9-19/h5-7,10H,2-4,8-9,11-12H2,1H3,(H,21,26)(H,22,29)(H,23,27). The van der Waals surface area contributed by atoms with Gasteiger partial charge in [0.05, 0.1) is 13.1 Å². The van der Waals surface area contributed by atoms with Crippen LogP contribution >= 0.6 is 0 Å². The van der Waals surface area contributed by atoms with E-state index in [9.17, 15) is 23.6 Å². The van der Waals surface area contributed by atoms with Crippen LogP contribution in [0.2, 0.25) is 0 Å². The highest BCUT2D eigenvalue weighted by atomic mass is 19.1. The third-order valence-electron chi connectivity index (χ3n) is 5.04. The third kappa shape index (κ3) is 4.89. The van der Waals surface area contributed by atoms with Crippen LogP contribution in [0.15, 0.2) is 24.3 Å². The highest BCUT2D eigenvalue weighted by Gasteiger charge is 2.52. The number of carbonyl (C=O) groups excluding carboxylic acids is 4. The molecular formula is C19H24FN5O4. The van der Waals surface area contributed by atoms with Crippen LogP contribution in [0.3, 0.4) is 0 Å². The molecule has 10 heteroatoms. The number of amides is 5. The second-order valence-corrected chi connectivity index (χ2v) is 7.48. The van der Waals surface area contributed by atoms with Crippen molar-refractivity contribution in [2.24, 2.45) is 0 Å². The molecule has 1 aliphatic heterocycles. The molecule has 3 rings (SSSR count). The van der Waals surface area contributed by atoms with Gasteiger partial charge in [0.25, 0.3) is 11.8 Å². The number of nitrogens with zero attached hydrogens (tertiary/aromatic N) is 2. The summed E-state index contributed by atoms with van der Waals surface area (Å²) in [5.74, 6) is -1.94. The second-order valence-electron chi connectivity index (χ2n) is 7.48. The summed E-state index contributed by atoms with van der Waals surface area (Å²) in [6.45, 7) is -0.339. The maximum atomic E-state index is 13.2. The second kappa shape index (κ2) is 8.56. The van der Waals surface area contributed by atoms with Crippen LogP contribution in [0.25, 0.3) is 0 Å². The van der Waals surface area contributed by atoms with E-state index < -0.39 is 35.1 Å². The molecule has 29 heavy (non-hydrogen) atoms. The molecule has 9 nitrogen and oxygen atoms in total. The van der Waals surface area contributed by atoms with Crippen LogP contribution in [0.5, 0.6) is 0 Å². The van der Waals surface area contributed by atoms with Crippen molar-refractivity contribution in [3.8, 4) is 0 Å². The van der Waals surface area contributed by atoms with Crippen molar-refractivity contribution < 1.29 is 23.6 Å². The van der Waals surface area contributed by atoms with Crippen LogP contribution < -0.4 is 16.1 Å². The lowest BCUT2D eigenvalue weighted by Gasteiger charge is -2.30. The molecule has 2 fully saturated rings. The van der Waals surface area contributed by atoms with Crippen molar-refractivity contribution in [2.45, 2.75) is 37.6 Å². The molecule has 1 aromatic carbocycles. The molecule has 0 atom stereocenters. The summed E-state index contributed by atoms with van der Waals surface area (Å²) in [5.41, 5.74) is 1.71. The molecule has 1 aliphatic carbocycles. The molecule has 1 heterocycles. The zero-order chi connectivity index (χ0) is 21.0. The average Bonchev–Trinajstić information content (AvgIpc) is 2.86. The Balaban J connectivity index is 1.49. The van der Waals surface area contributed by atoms with Crippen LogP contribution in [0.1, 0.15) is 32.1 Å². The van der Waals surface area contributed by atoms with E-state index in [2.05, 4.69) is 16.1 Å². The molecule has 156 valence electrons. The fourth-order valence-corrected chi connectivity index (χ4v) is 3.69. The predicted octanol–water partition coefficient (Wildman–Crippen LogP) is 0.982. The smallest absolute Gasteiger partial charge is 0.325 e. The van der Waals surface area contributed by atoms with E-state index in [0.717, 1.165) is 24.3 Å². The van der Waals surface area contributed by atoms with E-state index in [0.29, 0.717) is 18.5 Å². The van der Waals surface area contributed by atoms with Crippen molar-refractivity contribution in [1.29, 1.82) is 0 Å². The van der Waals surface area contributed by atoms with Gasteiger partial charge in [-0.3, -0.25) is 24.7 Å². The number of hydrogen-bond acceptors (Lipinski definition) is 5. The number of likely N-dealkylation sites (N-methyl/N-ethyl adjacent to an activating group) is 1. The Morgan fingerprint density at radius 1 is 1.17 bits per heavy atom. The zero-order valence-electron chi connectivity index (χ0n) is 16.2. The first-order chi connectivity index (χ1) is 13.8. The number of carbonyl (C=O) groups is 4. The van der Waals surface area contributed by atoms with Gasteiger partial charge >= 0.3 is 6.03 Å². The minimum absolute atomic E-state index is 0.131. The van der Waals surface area contributed by atoms with Gasteiger partial charge in [0.1, 0.15) is 11.4 Å². The normalized spacial score (nSPS) is 18.1. The molecule has 5 amide bonds. The Labute approximate surface area is 167 Å². The Morgan fingerprint density at radius 2 is 1.86 bits per heavy atom. The van der Waals surface area contributed by atoms with Crippen molar-refractivity contribution in [1.82, 2.24) is 20.7 Å². The SMILES string of the molecule is CN(CC(=O)Nc1cccc(F)c1)CC(=O)NN1C(=O)NC2(CCCCC2)C1=O. The largest absolute Gasteiger partial charge is 0.344 e. The van der Waals surface area contributed by atoms with E-state index in [1.54, 1.807) is 13.1 Å². The van der Waals surface area contributed by atoms with Crippen LogP contribution in [-0.2, 0) is 14.4 Å². The lowest BCUT2D eigenvalue weighted by Crippen LogP contribution is -2.52. The fraction of sp³-hybridized carbons (Fsp3) is 0.474. The molecule has 0 radical (unpaired) electrons. The van der Waals surface area contributed by atoms with Gasteiger partial charge in [0.2, 0.25) is 5.91 Å². The van der Waals surface area contributed by atoms with E-state index in [1.165, 1.54) is 23.1 Å². The zero-order valence-corrected chi connectivity index (χ0v) is 16.2. The summed E-state index contributed by atoms with van der Waals surface area (Å²) in [5, 5.41) is 5.97. The van der Waals surface area contributed by atoms with Crippen LogP contribution in [0, 0.1) is 5.82 Å². The van der Waals surface area contributed by atoms with Crippen LogP contribution in [-0.4, -0.2) is 59.3 Å². The third-order valence-corrected chi connectivity index (χ3v) is 5.04. The van der Waals surface area contributed by atoms with Gasteiger partial charge in [-0.05, 0) is 38.1 Å². The first-order valence-corrected chi connectivity index (χ1v) is 9.49. The topological polar surface area (TPSA) is 111 Å². The molecule has 0 unspecified atom stereocenters.